The van der Waals surface area contributed by atoms with Crippen LogP contribution in [0.3, 0.4) is 0 Å². The van der Waals surface area contributed by atoms with Crippen LogP contribution in [0.2, 0.25) is 5.02 Å². The van der Waals surface area contributed by atoms with Gasteiger partial charge in [0.2, 0.25) is 0 Å². The van der Waals surface area contributed by atoms with Crippen molar-refractivity contribution < 1.29 is 22.3 Å². The topological polar surface area (TPSA) is 21.6 Å². The average molecular weight is 466 g/mol. The number of alkyl halides is 4. The van der Waals surface area contributed by atoms with Gasteiger partial charge in [0.05, 0.1) is 11.1 Å². The van der Waals surface area contributed by atoms with Gasteiger partial charge in [0.25, 0.3) is 0 Å². The van der Waals surface area contributed by atoms with Crippen molar-refractivity contribution in [2.45, 2.75) is 18.6 Å². The number of aliphatic imine (C=N–C) groups is 1. The van der Waals surface area contributed by atoms with E-state index >= 15 is 0 Å². The molecule has 0 fully saturated rings. The predicted molar refractivity (Wildman–Crippen MR) is 117 cm³/mol. The lowest BCUT2D eigenvalue weighted by atomic mass is 10.0. The minimum absolute atomic E-state index is 0.0117. The van der Waals surface area contributed by atoms with Gasteiger partial charge in [-0.25, -0.2) is 0 Å². The minimum atomic E-state index is -4.52. The normalized spacial score (nSPS) is 16.5. The number of ether oxygens (including phenoxy) is 1. The maximum Gasteiger partial charge on any atom is 0.461 e. The number of rotatable bonds is 6. The Morgan fingerprint density at radius 1 is 0.935 bits per heavy atom. The molecule has 0 N–H and O–H groups in total. The fourth-order valence-electron chi connectivity index (χ4n) is 3.14. The lowest BCUT2D eigenvalue weighted by Crippen LogP contribution is -2.33. The van der Waals surface area contributed by atoms with E-state index in [4.69, 9.17) is 16.6 Å². The molecule has 4 rings (SSSR count). The monoisotopic (exact) mass is 465 g/mol. The van der Waals surface area contributed by atoms with E-state index in [0.717, 1.165) is 33.1 Å². The Morgan fingerprint density at radius 3 is 2.16 bits per heavy atom. The first-order chi connectivity index (χ1) is 14.8. The van der Waals surface area contributed by atoms with E-state index in [0.29, 0.717) is 5.02 Å². The maximum atomic E-state index is 13.0. The summed E-state index contributed by atoms with van der Waals surface area (Å²) in [6, 6.07) is 20.9. The second kappa shape index (κ2) is 8.93. The molecule has 8 heteroatoms. The molecule has 0 radical (unpaired) electrons. The Hall–Kier alpha value is -2.51. The van der Waals surface area contributed by atoms with Crippen LogP contribution in [-0.2, 0) is 0 Å². The summed E-state index contributed by atoms with van der Waals surface area (Å²) >= 11 is 7.92. The molecule has 0 aliphatic carbocycles. The van der Waals surface area contributed by atoms with E-state index in [1.165, 1.54) is 12.1 Å². The molecule has 0 saturated carbocycles. The standard InChI is InChI=1S/C23H16ClF4NOS/c24-19-4-2-1-3-18(19)21-29-20(13-31-21)16-7-5-14(6-8-16)15-9-11-17(12-10-15)30-23(27,28)22(25)26/h1-12,20,22H,13H2. The number of nitrogens with zero attached hydrogens (tertiary/aromatic N) is 1. The molecule has 0 bridgehead atoms. The van der Waals surface area contributed by atoms with Crippen molar-refractivity contribution in [3.63, 3.8) is 0 Å². The minimum Gasteiger partial charge on any atom is -0.428 e. The molecule has 3 aromatic carbocycles. The van der Waals surface area contributed by atoms with Crippen molar-refractivity contribution >= 4 is 28.4 Å². The molecule has 160 valence electrons. The van der Waals surface area contributed by atoms with E-state index in [-0.39, 0.29) is 11.8 Å². The highest BCUT2D eigenvalue weighted by Gasteiger charge is 2.43. The second-order valence-electron chi connectivity index (χ2n) is 6.85. The van der Waals surface area contributed by atoms with Crippen molar-refractivity contribution in [3.8, 4) is 16.9 Å². The largest absolute Gasteiger partial charge is 0.461 e. The fourth-order valence-corrected chi connectivity index (χ4v) is 4.54. The smallest absolute Gasteiger partial charge is 0.428 e. The van der Waals surface area contributed by atoms with Crippen LogP contribution in [-0.4, -0.2) is 23.3 Å². The van der Waals surface area contributed by atoms with Crippen molar-refractivity contribution in [1.82, 2.24) is 0 Å². The van der Waals surface area contributed by atoms with Gasteiger partial charge in [-0.2, -0.15) is 17.6 Å². The summed E-state index contributed by atoms with van der Waals surface area (Å²) in [6.45, 7) is 0. The van der Waals surface area contributed by atoms with E-state index in [1.54, 1.807) is 23.9 Å². The number of hydrogen-bond acceptors (Lipinski definition) is 3. The summed E-state index contributed by atoms with van der Waals surface area (Å²) in [7, 11) is 0. The van der Waals surface area contributed by atoms with E-state index in [2.05, 4.69) is 4.74 Å². The molecule has 0 amide bonds. The van der Waals surface area contributed by atoms with Crippen LogP contribution in [0, 0.1) is 0 Å². The quantitative estimate of drug-likeness (QED) is 0.352. The Bertz CT molecular complexity index is 1090. The SMILES string of the molecule is FC(F)C(F)(F)Oc1ccc(-c2ccc(C3CSC(c4ccccc4Cl)=N3)cc2)cc1. The molecule has 2 nitrogen and oxygen atoms in total. The van der Waals surface area contributed by atoms with Gasteiger partial charge in [-0.1, -0.05) is 66.2 Å². The van der Waals surface area contributed by atoms with Crippen LogP contribution in [0.4, 0.5) is 17.6 Å². The molecule has 1 heterocycles. The van der Waals surface area contributed by atoms with E-state index in [1.807, 2.05) is 48.5 Å². The fraction of sp³-hybridized carbons (Fsp3) is 0.174. The summed E-state index contributed by atoms with van der Waals surface area (Å²) in [5.41, 5.74) is 3.58. The van der Waals surface area contributed by atoms with Crippen LogP contribution in [0.5, 0.6) is 5.75 Å². The van der Waals surface area contributed by atoms with Crippen LogP contribution < -0.4 is 4.74 Å². The Labute approximate surface area is 185 Å². The van der Waals surface area contributed by atoms with Gasteiger partial charge in [0, 0.05) is 11.3 Å². The van der Waals surface area contributed by atoms with Crippen LogP contribution in [0.1, 0.15) is 17.2 Å². The molecule has 0 aromatic heterocycles. The highest BCUT2D eigenvalue weighted by molar-refractivity contribution is 8.14. The Morgan fingerprint density at radius 2 is 1.55 bits per heavy atom. The van der Waals surface area contributed by atoms with Gasteiger partial charge in [-0.05, 0) is 34.9 Å². The van der Waals surface area contributed by atoms with Gasteiger partial charge in [0.15, 0.2) is 0 Å². The molecule has 3 aromatic rings. The number of thioether (sulfide) groups is 1. The van der Waals surface area contributed by atoms with E-state index in [9.17, 15) is 17.6 Å². The Balaban J connectivity index is 1.47. The molecule has 0 saturated heterocycles. The zero-order valence-corrected chi connectivity index (χ0v) is 17.5. The summed E-state index contributed by atoms with van der Waals surface area (Å²) in [6.07, 6.45) is -8.42. The van der Waals surface area contributed by atoms with Gasteiger partial charge >= 0.3 is 12.5 Å². The lowest BCUT2D eigenvalue weighted by Gasteiger charge is -2.17. The zero-order chi connectivity index (χ0) is 22.0. The number of halogens is 5. The summed E-state index contributed by atoms with van der Waals surface area (Å²) < 4.78 is 54.6. The first kappa shape index (κ1) is 21.7. The first-order valence-electron chi connectivity index (χ1n) is 9.34. The second-order valence-corrected chi connectivity index (χ2v) is 8.27. The summed E-state index contributed by atoms with van der Waals surface area (Å²) in [5.74, 6) is 0.486. The average Bonchev–Trinajstić information content (AvgIpc) is 3.24. The predicted octanol–water partition coefficient (Wildman–Crippen LogP) is 7.48. The van der Waals surface area contributed by atoms with Gasteiger partial charge < -0.3 is 4.74 Å². The van der Waals surface area contributed by atoms with Crippen molar-refractivity contribution in [2.24, 2.45) is 4.99 Å². The number of benzene rings is 3. The van der Waals surface area contributed by atoms with Gasteiger partial charge in [0.1, 0.15) is 10.8 Å². The zero-order valence-electron chi connectivity index (χ0n) is 15.9. The maximum absolute atomic E-state index is 13.0. The van der Waals surface area contributed by atoms with Crippen LogP contribution >= 0.6 is 23.4 Å². The van der Waals surface area contributed by atoms with E-state index < -0.39 is 12.5 Å². The molecule has 1 unspecified atom stereocenters. The molecule has 31 heavy (non-hydrogen) atoms. The molecule has 1 atom stereocenters. The third kappa shape index (κ3) is 4.88. The summed E-state index contributed by atoms with van der Waals surface area (Å²) in [5, 5.41) is 1.58. The lowest BCUT2D eigenvalue weighted by molar-refractivity contribution is -0.253. The third-order valence-corrected chi connectivity index (χ3v) is 6.16. The van der Waals surface area contributed by atoms with Crippen molar-refractivity contribution in [2.75, 3.05) is 5.75 Å². The first-order valence-corrected chi connectivity index (χ1v) is 10.7. The van der Waals surface area contributed by atoms with Crippen LogP contribution in [0.15, 0.2) is 77.8 Å². The van der Waals surface area contributed by atoms with Crippen LogP contribution in [0.25, 0.3) is 11.1 Å². The number of hydrogen-bond donors (Lipinski definition) is 0. The molecule has 1 aliphatic heterocycles. The third-order valence-electron chi connectivity index (χ3n) is 4.75. The highest BCUT2D eigenvalue weighted by atomic mass is 35.5. The summed E-state index contributed by atoms with van der Waals surface area (Å²) in [4.78, 5) is 4.80. The molecular formula is C23H16ClF4NOS. The van der Waals surface area contributed by atoms with Crippen molar-refractivity contribution in [3.05, 3.63) is 88.9 Å². The molecule has 0 spiro atoms. The van der Waals surface area contributed by atoms with Gasteiger partial charge in [-0.3, -0.25) is 4.99 Å². The highest BCUT2D eigenvalue weighted by Crippen LogP contribution is 2.36. The Kier molecular flexibility index (Phi) is 6.25. The molecular weight excluding hydrogens is 450 g/mol. The van der Waals surface area contributed by atoms with Gasteiger partial charge in [-0.15, -0.1) is 11.8 Å². The van der Waals surface area contributed by atoms with Crippen molar-refractivity contribution in [1.29, 1.82) is 0 Å². The molecule has 1 aliphatic rings.